The number of likely N-dealkylation sites (tertiary alicyclic amines) is 1. The Morgan fingerprint density at radius 2 is 1.82 bits per heavy atom. The summed E-state index contributed by atoms with van der Waals surface area (Å²) in [5, 5.41) is 23.8. The van der Waals surface area contributed by atoms with E-state index < -0.39 is 11.9 Å². The highest BCUT2D eigenvalue weighted by Crippen LogP contribution is 2.35. The summed E-state index contributed by atoms with van der Waals surface area (Å²) in [5.74, 6) is 0.161. The third-order valence-electron chi connectivity index (χ3n) is 11.7. The first-order valence-corrected chi connectivity index (χ1v) is 19.6. The van der Waals surface area contributed by atoms with Crippen LogP contribution in [0.1, 0.15) is 65.2 Å². The normalized spacial score (nSPS) is 20.4. The smallest absolute Gasteiger partial charge is 0.308 e. The van der Waals surface area contributed by atoms with Crippen LogP contribution >= 0.6 is 11.8 Å². The summed E-state index contributed by atoms with van der Waals surface area (Å²) in [7, 11) is 1.88. The molecular weight excluding hydrogens is 716 g/mol. The van der Waals surface area contributed by atoms with Gasteiger partial charge in [-0.2, -0.15) is 0 Å². The zero-order valence-corrected chi connectivity index (χ0v) is 32.0. The summed E-state index contributed by atoms with van der Waals surface area (Å²) < 4.78 is 3.03. The minimum absolute atomic E-state index is 0.215. The van der Waals surface area contributed by atoms with Crippen molar-refractivity contribution in [3.63, 3.8) is 0 Å². The van der Waals surface area contributed by atoms with E-state index in [1.807, 2.05) is 66.3 Å². The standard InChI is InChI=1S/C42H47ClN8O4/c1-26-34(7-4-8-35(26)46-39-38-31(13-16-44-39)19-28(21-45-38)23-49-17-14-33(52)24-49)30-5-3-6-32(20-30)51(43)41(53)40-47-36-25-50(18-15-37(36)48(40)2)22-27-9-11-29(12-10-27)42(54)55/h3-8,13,16,19-21,27,29,33,52H,9-12,14-15,17-18,22-25H2,1-2H3,(H,44,46)(H,54,55). The number of hydrogen-bond donors (Lipinski definition) is 3. The lowest BCUT2D eigenvalue weighted by Gasteiger charge is -2.33. The molecular formula is C42H47ClN8O4. The van der Waals surface area contributed by atoms with Crippen molar-refractivity contribution in [2.24, 2.45) is 18.9 Å². The third kappa shape index (κ3) is 7.82. The molecule has 1 unspecified atom stereocenters. The molecule has 0 spiro atoms. The third-order valence-corrected chi connectivity index (χ3v) is 12.0. The summed E-state index contributed by atoms with van der Waals surface area (Å²) in [6.45, 7) is 6.82. The molecule has 1 saturated heterocycles. The molecule has 3 N–H and O–H groups in total. The van der Waals surface area contributed by atoms with E-state index in [0.717, 1.165) is 119 Å². The number of halogens is 1. The van der Waals surface area contributed by atoms with Crippen molar-refractivity contribution >= 4 is 51.7 Å². The Kier molecular flexibility index (Phi) is 10.6. The van der Waals surface area contributed by atoms with Crippen LogP contribution in [0.3, 0.4) is 0 Å². The van der Waals surface area contributed by atoms with Gasteiger partial charge in [-0.1, -0.05) is 24.3 Å². The van der Waals surface area contributed by atoms with Crippen LogP contribution in [-0.2, 0) is 31.4 Å². The predicted octanol–water partition coefficient (Wildman–Crippen LogP) is 6.70. The summed E-state index contributed by atoms with van der Waals surface area (Å²) in [6.07, 6.45) is 8.35. The molecule has 3 aromatic heterocycles. The Bertz CT molecular complexity index is 2230. The summed E-state index contributed by atoms with van der Waals surface area (Å²) in [6, 6.07) is 17.8. The first-order chi connectivity index (χ1) is 26.6. The van der Waals surface area contributed by atoms with Gasteiger partial charge < -0.3 is 20.1 Å². The molecule has 8 rings (SSSR count). The molecule has 0 radical (unpaired) electrons. The number of aliphatic hydroxyl groups excluding tert-OH is 1. The molecule has 2 fully saturated rings. The maximum absolute atomic E-state index is 13.9. The number of aliphatic carboxylic acids is 1. The van der Waals surface area contributed by atoms with Gasteiger partial charge in [0.05, 0.1) is 23.4 Å². The minimum Gasteiger partial charge on any atom is -0.481 e. The van der Waals surface area contributed by atoms with E-state index in [0.29, 0.717) is 36.3 Å². The first-order valence-electron chi connectivity index (χ1n) is 19.2. The Morgan fingerprint density at radius 1 is 1.00 bits per heavy atom. The van der Waals surface area contributed by atoms with Gasteiger partial charge in [0, 0.05) is 93.7 Å². The molecule has 3 aliphatic rings. The zero-order chi connectivity index (χ0) is 38.2. The number of aliphatic hydroxyl groups is 1. The van der Waals surface area contributed by atoms with Crippen LogP contribution < -0.4 is 9.74 Å². The van der Waals surface area contributed by atoms with Crippen LogP contribution in [-0.4, -0.2) is 83.7 Å². The van der Waals surface area contributed by atoms with E-state index >= 15 is 0 Å². The topological polar surface area (TPSA) is 140 Å². The monoisotopic (exact) mass is 762 g/mol. The van der Waals surface area contributed by atoms with Gasteiger partial charge in [-0.05, 0) is 97.5 Å². The number of amides is 1. The van der Waals surface area contributed by atoms with Crippen LogP contribution in [0.2, 0.25) is 0 Å². The number of carboxylic acids is 1. The number of rotatable bonds is 10. The number of carbonyl (C=O) groups is 2. The summed E-state index contributed by atoms with van der Waals surface area (Å²) in [4.78, 5) is 44.1. The van der Waals surface area contributed by atoms with Gasteiger partial charge in [0.2, 0.25) is 5.82 Å². The van der Waals surface area contributed by atoms with Crippen LogP contribution in [0.4, 0.5) is 17.2 Å². The van der Waals surface area contributed by atoms with E-state index in [1.165, 1.54) is 0 Å². The van der Waals surface area contributed by atoms with Crippen LogP contribution in [0.5, 0.6) is 0 Å². The molecule has 5 aromatic rings. The molecule has 5 heterocycles. The van der Waals surface area contributed by atoms with Crippen molar-refractivity contribution < 1.29 is 19.8 Å². The lowest BCUT2D eigenvalue weighted by Crippen LogP contribution is -2.36. The lowest BCUT2D eigenvalue weighted by atomic mass is 9.81. The van der Waals surface area contributed by atoms with Crippen molar-refractivity contribution in [1.82, 2.24) is 29.3 Å². The zero-order valence-electron chi connectivity index (χ0n) is 31.3. The molecule has 1 aliphatic carbocycles. The molecule has 1 amide bonds. The van der Waals surface area contributed by atoms with Gasteiger partial charge in [-0.25, -0.2) is 14.4 Å². The average Bonchev–Trinajstić information content (AvgIpc) is 3.76. The van der Waals surface area contributed by atoms with Crippen LogP contribution in [0.25, 0.3) is 22.0 Å². The molecule has 2 aliphatic heterocycles. The molecule has 286 valence electrons. The molecule has 2 aromatic carbocycles. The second kappa shape index (κ2) is 15.7. The highest BCUT2D eigenvalue weighted by atomic mass is 35.5. The summed E-state index contributed by atoms with van der Waals surface area (Å²) in [5.41, 5.74) is 8.15. The largest absolute Gasteiger partial charge is 0.481 e. The fourth-order valence-corrected chi connectivity index (χ4v) is 8.78. The molecule has 55 heavy (non-hydrogen) atoms. The first kappa shape index (κ1) is 37.1. The highest BCUT2D eigenvalue weighted by Gasteiger charge is 2.31. The minimum atomic E-state index is -0.678. The number of nitrogens with zero attached hydrogens (tertiary/aromatic N) is 7. The number of anilines is 3. The number of pyridine rings is 2. The van der Waals surface area contributed by atoms with Crippen LogP contribution in [0.15, 0.2) is 67.0 Å². The number of hydrogen-bond acceptors (Lipinski definition) is 9. The number of benzene rings is 2. The Morgan fingerprint density at radius 3 is 2.60 bits per heavy atom. The van der Waals surface area contributed by atoms with Crippen molar-refractivity contribution in [2.45, 2.75) is 64.6 Å². The quantitative estimate of drug-likeness (QED) is 0.132. The van der Waals surface area contributed by atoms with E-state index in [2.05, 4.69) is 33.1 Å². The molecule has 0 bridgehead atoms. The van der Waals surface area contributed by atoms with Crippen molar-refractivity contribution in [1.29, 1.82) is 0 Å². The lowest BCUT2D eigenvalue weighted by molar-refractivity contribution is -0.143. The number of imidazole rings is 1. The van der Waals surface area contributed by atoms with Gasteiger partial charge in [0.25, 0.3) is 0 Å². The predicted molar refractivity (Wildman–Crippen MR) is 213 cm³/mol. The highest BCUT2D eigenvalue weighted by molar-refractivity contribution is 6.38. The van der Waals surface area contributed by atoms with Gasteiger partial charge in [-0.15, -0.1) is 0 Å². The van der Waals surface area contributed by atoms with Gasteiger partial charge in [0.1, 0.15) is 5.52 Å². The average molecular weight is 763 g/mol. The van der Waals surface area contributed by atoms with E-state index in [1.54, 1.807) is 6.20 Å². The molecule has 1 saturated carbocycles. The summed E-state index contributed by atoms with van der Waals surface area (Å²) >= 11 is 6.81. The van der Waals surface area contributed by atoms with Crippen molar-refractivity contribution in [3.8, 4) is 11.1 Å². The van der Waals surface area contributed by atoms with E-state index in [4.69, 9.17) is 21.7 Å². The van der Waals surface area contributed by atoms with Gasteiger partial charge in [-0.3, -0.25) is 24.4 Å². The maximum Gasteiger partial charge on any atom is 0.308 e. The number of aromatic nitrogens is 4. The maximum atomic E-state index is 13.9. The molecule has 1 atom stereocenters. The Balaban J connectivity index is 0.958. The Labute approximate surface area is 325 Å². The number of nitrogens with one attached hydrogen (secondary N) is 1. The van der Waals surface area contributed by atoms with Crippen molar-refractivity contribution in [2.75, 3.05) is 35.9 Å². The fraction of sp³-hybridized carbons (Fsp3) is 0.405. The number of β-amino-alcohol motifs (C(OH)–C–C–N with tert-alkyl or cyclic N) is 1. The second-order valence-electron chi connectivity index (χ2n) is 15.4. The van der Waals surface area contributed by atoms with Crippen molar-refractivity contribution in [3.05, 3.63) is 95.3 Å². The van der Waals surface area contributed by atoms with Crippen LogP contribution in [0, 0.1) is 18.8 Å². The molecule has 13 heteroatoms. The molecule has 12 nitrogen and oxygen atoms in total. The SMILES string of the molecule is Cc1c(Nc2nccc3cc(CN4CCC(O)C4)cnc23)cccc1-c1cccc(N(Cl)C(=O)c2nc3c(n2C)CCN(CC2CCC(C(=O)O)CC2)C3)c1. The Hall–Kier alpha value is -4.88. The number of carbonyl (C=O) groups excluding carboxylic acids is 1. The van der Waals surface area contributed by atoms with Gasteiger partial charge in [0.15, 0.2) is 5.82 Å². The number of carboxylic acid groups (broad SMARTS) is 1. The fourth-order valence-electron chi connectivity index (χ4n) is 8.60. The van der Waals surface area contributed by atoms with Gasteiger partial charge >= 0.3 is 11.9 Å². The van der Waals surface area contributed by atoms with E-state index in [9.17, 15) is 19.8 Å². The second-order valence-corrected chi connectivity index (χ2v) is 15.8. The van der Waals surface area contributed by atoms with E-state index in [-0.39, 0.29) is 12.0 Å². The number of fused-ring (bicyclic) bond motifs is 2.